The number of nitrogens with two attached hydrogens (primary N) is 1. The first-order chi connectivity index (χ1) is 12.7. The normalized spacial score (nSPS) is 13.7. The Kier molecular flexibility index (Phi) is 4.39. The van der Waals surface area contributed by atoms with Crippen molar-refractivity contribution in [2.24, 2.45) is 0 Å². The number of anilines is 2. The van der Waals surface area contributed by atoms with E-state index in [1.807, 2.05) is 30.3 Å². The van der Waals surface area contributed by atoms with Crippen LogP contribution >= 0.6 is 0 Å². The first kappa shape index (κ1) is 16.3. The van der Waals surface area contributed by atoms with Crippen LogP contribution in [-0.4, -0.2) is 20.7 Å². The molecule has 1 amide bonds. The van der Waals surface area contributed by atoms with Crippen molar-refractivity contribution in [1.29, 1.82) is 0 Å². The third-order valence-electron chi connectivity index (χ3n) is 4.69. The number of nitrogens with zero attached hydrogens (tertiary/aromatic N) is 3. The van der Waals surface area contributed by atoms with E-state index >= 15 is 0 Å². The summed E-state index contributed by atoms with van der Waals surface area (Å²) in [6, 6.07) is 14.7. The number of nitrogen functional groups attached to an aromatic ring is 1. The van der Waals surface area contributed by atoms with E-state index in [0.29, 0.717) is 16.9 Å². The molecule has 0 saturated heterocycles. The number of fused-ring (bicyclic) bond motifs is 1. The van der Waals surface area contributed by atoms with Gasteiger partial charge in [-0.2, -0.15) is 0 Å². The van der Waals surface area contributed by atoms with Gasteiger partial charge in [-0.15, -0.1) is 10.2 Å². The SMILES string of the molecule is Nc1ccccc1C(=O)Nc1cccc(-c2nnc3n2CCCCC3)c1. The second-order valence-corrected chi connectivity index (χ2v) is 6.52. The van der Waals surface area contributed by atoms with Crippen LogP contribution in [0.15, 0.2) is 48.5 Å². The molecule has 0 saturated carbocycles. The van der Waals surface area contributed by atoms with Gasteiger partial charge in [-0.25, -0.2) is 0 Å². The fourth-order valence-corrected chi connectivity index (χ4v) is 3.34. The first-order valence-corrected chi connectivity index (χ1v) is 8.91. The van der Waals surface area contributed by atoms with Crippen LogP contribution in [0, 0.1) is 0 Å². The molecule has 1 aliphatic heterocycles. The molecular formula is C20H21N5O. The Morgan fingerprint density at radius 1 is 1.04 bits per heavy atom. The average molecular weight is 347 g/mol. The third-order valence-corrected chi connectivity index (χ3v) is 4.69. The molecule has 4 rings (SSSR count). The van der Waals surface area contributed by atoms with Crippen LogP contribution in [-0.2, 0) is 13.0 Å². The summed E-state index contributed by atoms with van der Waals surface area (Å²) in [5, 5.41) is 11.7. The van der Waals surface area contributed by atoms with Crippen molar-refractivity contribution in [2.45, 2.75) is 32.2 Å². The van der Waals surface area contributed by atoms with Gasteiger partial charge in [-0.1, -0.05) is 30.7 Å². The lowest BCUT2D eigenvalue weighted by Gasteiger charge is -2.10. The Balaban J connectivity index is 1.61. The minimum Gasteiger partial charge on any atom is -0.398 e. The number of hydrogen-bond donors (Lipinski definition) is 2. The lowest BCUT2D eigenvalue weighted by Crippen LogP contribution is -2.14. The van der Waals surface area contributed by atoms with Crippen LogP contribution in [0.3, 0.4) is 0 Å². The van der Waals surface area contributed by atoms with Crippen molar-refractivity contribution in [3.05, 3.63) is 59.9 Å². The molecule has 0 aliphatic carbocycles. The predicted octanol–water partition coefficient (Wildman–Crippen LogP) is 3.51. The summed E-state index contributed by atoms with van der Waals surface area (Å²) >= 11 is 0. The fraction of sp³-hybridized carbons (Fsp3) is 0.250. The quantitative estimate of drug-likeness (QED) is 0.710. The van der Waals surface area contributed by atoms with E-state index in [0.717, 1.165) is 43.0 Å². The molecule has 0 bridgehead atoms. The van der Waals surface area contributed by atoms with Gasteiger partial charge in [0, 0.05) is 29.9 Å². The summed E-state index contributed by atoms with van der Waals surface area (Å²) in [5.41, 5.74) is 8.48. The zero-order valence-corrected chi connectivity index (χ0v) is 14.5. The molecule has 6 nitrogen and oxygen atoms in total. The number of para-hydroxylation sites is 1. The molecule has 132 valence electrons. The number of carbonyl (C=O) groups is 1. The number of nitrogens with one attached hydrogen (secondary N) is 1. The minimum atomic E-state index is -0.222. The zero-order valence-electron chi connectivity index (χ0n) is 14.5. The van der Waals surface area contributed by atoms with Crippen molar-refractivity contribution in [3.8, 4) is 11.4 Å². The molecule has 2 aromatic carbocycles. The number of amides is 1. The zero-order chi connectivity index (χ0) is 17.9. The highest BCUT2D eigenvalue weighted by Gasteiger charge is 2.16. The van der Waals surface area contributed by atoms with Gasteiger partial charge in [0.05, 0.1) is 5.56 Å². The molecule has 0 spiro atoms. The topological polar surface area (TPSA) is 85.8 Å². The molecule has 0 unspecified atom stereocenters. The molecule has 0 fully saturated rings. The smallest absolute Gasteiger partial charge is 0.257 e. The van der Waals surface area contributed by atoms with Gasteiger partial charge < -0.3 is 15.6 Å². The molecule has 1 aromatic heterocycles. The molecule has 3 N–H and O–H groups in total. The van der Waals surface area contributed by atoms with E-state index in [4.69, 9.17) is 5.73 Å². The summed E-state index contributed by atoms with van der Waals surface area (Å²) in [7, 11) is 0. The lowest BCUT2D eigenvalue weighted by molar-refractivity contribution is 0.102. The maximum atomic E-state index is 12.5. The van der Waals surface area contributed by atoms with E-state index in [1.54, 1.807) is 18.2 Å². The summed E-state index contributed by atoms with van der Waals surface area (Å²) < 4.78 is 2.20. The highest BCUT2D eigenvalue weighted by molar-refractivity contribution is 6.07. The van der Waals surface area contributed by atoms with Crippen LogP contribution in [0.1, 0.15) is 35.4 Å². The molecule has 1 aliphatic rings. The number of carbonyl (C=O) groups excluding carboxylic acids is 1. The van der Waals surface area contributed by atoms with Crippen molar-refractivity contribution in [1.82, 2.24) is 14.8 Å². The summed E-state index contributed by atoms with van der Waals surface area (Å²) in [4.78, 5) is 12.5. The Morgan fingerprint density at radius 3 is 2.81 bits per heavy atom. The second kappa shape index (κ2) is 7.00. The van der Waals surface area contributed by atoms with E-state index in [9.17, 15) is 4.79 Å². The monoisotopic (exact) mass is 347 g/mol. The van der Waals surface area contributed by atoms with Crippen LogP contribution in [0.5, 0.6) is 0 Å². The van der Waals surface area contributed by atoms with Gasteiger partial charge in [0.15, 0.2) is 5.82 Å². The number of aromatic nitrogens is 3. The maximum Gasteiger partial charge on any atom is 0.257 e. The number of rotatable bonds is 3. The summed E-state index contributed by atoms with van der Waals surface area (Å²) in [5.74, 6) is 1.68. The lowest BCUT2D eigenvalue weighted by atomic mass is 10.1. The van der Waals surface area contributed by atoms with Crippen molar-refractivity contribution < 1.29 is 4.79 Å². The Morgan fingerprint density at radius 2 is 1.92 bits per heavy atom. The standard InChI is InChI=1S/C20H21N5O/c21-17-10-4-3-9-16(17)20(26)22-15-8-6-7-14(13-15)19-24-23-18-11-2-1-5-12-25(18)19/h3-4,6-10,13H,1-2,5,11-12,21H2,(H,22,26). The van der Waals surface area contributed by atoms with Crippen molar-refractivity contribution in [3.63, 3.8) is 0 Å². The minimum absolute atomic E-state index is 0.222. The maximum absolute atomic E-state index is 12.5. The Labute approximate surface area is 152 Å². The molecule has 6 heteroatoms. The van der Waals surface area contributed by atoms with Crippen LogP contribution in [0.4, 0.5) is 11.4 Å². The number of aryl methyl sites for hydroxylation is 1. The van der Waals surface area contributed by atoms with E-state index in [2.05, 4.69) is 20.1 Å². The third kappa shape index (κ3) is 3.18. The van der Waals surface area contributed by atoms with Gasteiger partial charge in [-0.05, 0) is 37.1 Å². The fourth-order valence-electron chi connectivity index (χ4n) is 3.34. The van der Waals surface area contributed by atoms with Crippen molar-refractivity contribution in [2.75, 3.05) is 11.1 Å². The average Bonchev–Trinajstić information content (AvgIpc) is 2.91. The van der Waals surface area contributed by atoms with Crippen LogP contribution in [0.2, 0.25) is 0 Å². The molecule has 3 aromatic rings. The Hall–Kier alpha value is -3.15. The first-order valence-electron chi connectivity index (χ1n) is 8.91. The van der Waals surface area contributed by atoms with Gasteiger partial charge in [0.2, 0.25) is 0 Å². The molecular weight excluding hydrogens is 326 g/mol. The molecule has 0 atom stereocenters. The molecule has 2 heterocycles. The molecule has 26 heavy (non-hydrogen) atoms. The number of benzene rings is 2. The van der Waals surface area contributed by atoms with Gasteiger partial charge in [0.25, 0.3) is 5.91 Å². The van der Waals surface area contributed by atoms with Crippen molar-refractivity contribution >= 4 is 17.3 Å². The van der Waals surface area contributed by atoms with Gasteiger partial charge in [-0.3, -0.25) is 4.79 Å². The van der Waals surface area contributed by atoms with E-state index < -0.39 is 0 Å². The van der Waals surface area contributed by atoms with E-state index in [-0.39, 0.29) is 5.91 Å². The highest BCUT2D eigenvalue weighted by atomic mass is 16.1. The summed E-state index contributed by atoms with van der Waals surface area (Å²) in [6.07, 6.45) is 4.49. The van der Waals surface area contributed by atoms with Gasteiger partial charge >= 0.3 is 0 Å². The Bertz CT molecular complexity index is 947. The van der Waals surface area contributed by atoms with E-state index in [1.165, 1.54) is 6.42 Å². The highest BCUT2D eigenvalue weighted by Crippen LogP contribution is 2.25. The van der Waals surface area contributed by atoms with Gasteiger partial charge in [0.1, 0.15) is 5.82 Å². The number of hydrogen-bond acceptors (Lipinski definition) is 4. The van der Waals surface area contributed by atoms with Crippen LogP contribution < -0.4 is 11.1 Å². The summed E-state index contributed by atoms with van der Waals surface area (Å²) in [6.45, 7) is 0.939. The second-order valence-electron chi connectivity index (χ2n) is 6.52. The molecule has 0 radical (unpaired) electrons. The van der Waals surface area contributed by atoms with Crippen LogP contribution in [0.25, 0.3) is 11.4 Å². The predicted molar refractivity (Wildman–Crippen MR) is 102 cm³/mol. The largest absolute Gasteiger partial charge is 0.398 e.